The Morgan fingerprint density at radius 1 is 0.903 bits per heavy atom. The average Bonchev–Trinajstić information content (AvgIpc) is 3.37. The number of para-hydroxylation sites is 1. The predicted octanol–water partition coefficient (Wildman–Crippen LogP) is 3.92. The van der Waals surface area contributed by atoms with Gasteiger partial charge in [-0.25, -0.2) is 0 Å². The number of benzene rings is 2. The molecule has 0 radical (unpaired) electrons. The van der Waals surface area contributed by atoms with Crippen LogP contribution in [0.3, 0.4) is 0 Å². The Balaban J connectivity index is 1.33. The lowest BCUT2D eigenvalue weighted by Crippen LogP contribution is -2.52. The lowest BCUT2D eigenvalue weighted by atomic mass is 10.0. The molecule has 6 heteroatoms. The van der Waals surface area contributed by atoms with Gasteiger partial charge in [0, 0.05) is 50.0 Å². The molecule has 2 aromatic carbocycles. The molecule has 1 unspecified atom stereocenters. The van der Waals surface area contributed by atoms with Gasteiger partial charge in [-0.3, -0.25) is 14.5 Å². The molecular weight excluding hydrogens is 406 g/mol. The van der Waals surface area contributed by atoms with Crippen molar-refractivity contribution in [2.24, 2.45) is 0 Å². The molecule has 1 fully saturated rings. The molecule has 5 nitrogen and oxygen atoms in total. The lowest BCUT2D eigenvalue weighted by molar-refractivity contribution is 0.0925. The van der Waals surface area contributed by atoms with Gasteiger partial charge in [0.15, 0.2) is 0 Å². The molecule has 0 aliphatic carbocycles. The van der Waals surface area contributed by atoms with Crippen LogP contribution in [0.15, 0.2) is 72.1 Å². The summed E-state index contributed by atoms with van der Waals surface area (Å²) in [4.78, 5) is 31.1. The Labute approximate surface area is 187 Å². The largest absolute Gasteiger partial charge is 0.369 e. The second-order valence-corrected chi connectivity index (χ2v) is 8.72. The highest BCUT2D eigenvalue weighted by atomic mass is 32.1. The molecule has 2 heterocycles. The van der Waals surface area contributed by atoms with Gasteiger partial charge in [-0.15, -0.1) is 11.3 Å². The number of nitrogens with zero attached hydrogens (tertiary/aromatic N) is 2. The summed E-state index contributed by atoms with van der Waals surface area (Å²) in [6, 6.07) is 21.4. The highest BCUT2D eigenvalue weighted by Gasteiger charge is 2.23. The lowest BCUT2D eigenvalue weighted by Gasteiger charge is -2.39. The molecule has 1 aliphatic rings. The Morgan fingerprint density at radius 3 is 2.26 bits per heavy atom. The van der Waals surface area contributed by atoms with E-state index in [1.807, 2.05) is 17.5 Å². The Hall–Kier alpha value is -2.96. The molecule has 1 amide bonds. The summed E-state index contributed by atoms with van der Waals surface area (Å²) in [5.41, 5.74) is 2.14. The topological polar surface area (TPSA) is 52.7 Å². The van der Waals surface area contributed by atoms with Crippen molar-refractivity contribution in [3.63, 3.8) is 0 Å². The number of amides is 1. The Kier molecular flexibility index (Phi) is 6.79. The van der Waals surface area contributed by atoms with E-state index in [1.54, 1.807) is 30.3 Å². The van der Waals surface area contributed by atoms with Gasteiger partial charge in [0.2, 0.25) is 5.78 Å². The minimum absolute atomic E-state index is 0.106. The van der Waals surface area contributed by atoms with Crippen LogP contribution in [0.2, 0.25) is 0 Å². The van der Waals surface area contributed by atoms with Crippen molar-refractivity contribution < 1.29 is 9.59 Å². The second kappa shape index (κ2) is 9.90. The fraction of sp³-hybridized carbons (Fsp3) is 0.280. The van der Waals surface area contributed by atoms with E-state index in [2.05, 4.69) is 46.3 Å². The molecule has 31 heavy (non-hydrogen) atoms. The standard InChI is InChI=1S/C25H27N3O2S/c1-19(27-13-15-28(16-14-27)20-8-3-2-4-9-20)18-26-25(30)22-11-6-5-10-21(22)24(29)23-12-7-17-31-23/h2-12,17,19H,13-16,18H2,1H3,(H,26,30). The zero-order chi connectivity index (χ0) is 21.6. The quantitative estimate of drug-likeness (QED) is 0.574. The van der Waals surface area contributed by atoms with Gasteiger partial charge in [0.1, 0.15) is 0 Å². The van der Waals surface area contributed by atoms with Crippen molar-refractivity contribution in [3.8, 4) is 0 Å². The fourth-order valence-corrected chi connectivity index (χ4v) is 4.62. The summed E-state index contributed by atoms with van der Waals surface area (Å²) < 4.78 is 0. The summed E-state index contributed by atoms with van der Waals surface area (Å²) in [6.07, 6.45) is 0. The van der Waals surface area contributed by atoms with E-state index in [9.17, 15) is 9.59 Å². The number of carbonyl (C=O) groups excluding carboxylic acids is 2. The van der Waals surface area contributed by atoms with Crippen LogP contribution < -0.4 is 10.2 Å². The summed E-state index contributed by atoms with van der Waals surface area (Å²) >= 11 is 1.39. The third kappa shape index (κ3) is 5.03. The number of hydrogen-bond acceptors (Lipinski definition) is 5. The van der Waals surface area contributed by atoms with E-state index in [-0.39, 0.29) is 17.7 Å². The molecule has 4 rings (SSSR count). The van der Waals surface area contributed by atoms with Crippen LogP contribution in [0.4, 0.5) is 5.69 Å². The van der Waals surface area contributed by atoms with E-state index in [1.165, 1.54) is 17.0 Å². The molecule has 0 saturated carbocycles. The van der Waals surface area contributed by atoms with Crippen LogP contribution in [0, 0.1) is 0 Å². The molecule has 1 aliphatic heterocycles. The van der Waals surface area contributed by atoms with Gasteiger partial charge < -0.3 is 10.2 Å². The van der Waals surface area contributed by atoms with Crippen LogP contribution in [0.25, 0.3) is 0 Å². The average molecular weight is 434 g/mol. The monoisotopic (exact) mass is 433 g/mol. The van der Waals surface area contributed by atoms with Gasteiger partial charge in [0.25, 0.3) is 5.91 Å². The van der Waals surface area contributed by atoms with E-state index >= 15 is 0 Å². The predicted molar refractivity (Wildman–Crippen MR) is 126 cm³/mol. The number of rotatable bonds is 7. The summed E-state index contributed by atoms with van der Waals surface area (Å²) in [5.74, 6) is -0.305. The molecule has 1 aromatic heterocycles. The molecule has 1 N–H and O–H groups in total. The number of piperazine rings is 1. The van der Waals surface area contributed by atoms with Crippen molar-refractivity contribution in [3.05, 3.63) is 88.1 Å². The maximum Gasteiger partial charge on any atom is 0.252 e. The van der Waals surface area contributed by atoms with Crippen LogP contribution in [0.5, 0.6) is 0 Å². The number of ketones is 1. The SMILES string of the molecule is CC(CNC(=O)c1ccccc1C(=O)c1cccs1)N1CCN(c2ccccc2)CC1. The molecular formula is C25H27N3O2S. The number of anilines is 1. The zero-order valence-electron chi connectivity index (χ0n) is 17.7. The minimum Gasteiger partial charge on any atom is -0.369 e. The number of hydrogen-bond donors (Lipinski definition) is 1. The van der Waals surface area contributed by atoms with Crippen molar-refractivity contribution in [2.75, 3.05) is 37.6 Å². The third-order valence-electron chi connectivity index (χ3n) is 5.78. The normalized spacial score (nSPS) is 15.5. The highest BCUT2D eigenvalue weighted by Crippen LogP contribution is 2.19. The van der Waals surface area contributed by atoms with Crippen molar-refractivity contribution in [2.45, 2.75) is 13.0 Å². The summed E-state index contributed by atoms with van der Waals surface area (Å²) in [5, 5.41) is 4.91. The maximum absolute atomic E-state index is 12.9. The van der Waals surface area contributed by atoms with Crippen LogP contribution in [-0.2, 0) is 0 Å². The van der Waals surface area contributed by atoms with Crippen LogP contribution in [-0.4, -0.2) is 55.4 Å². The first-order valence-corrected chi connectivity index (χ1v) is 11.5. The highest BCUT2D eigenvalue weighted by molar-refractivity contribution is 7.12. The zero-order valence-corrected chi connectivity index (χ0v) is 18.5. The summed E-state index contributed by atoms with van der Waals surface area (Å²) in [6.45, 7) is 6.55. The van der Waals surface area contributed by atoms with Crippen LogP contribution >= 0.6 is 11.3 Å². The number of carbonyl (C=O) groups is 2. The smallest absolute Gasteiger partial charge is 0.252 e. The maximum atomic E-state index is 12.9. The van der Waals surface area contributed by atoms with Gasteiger partial charge in [-0.1, -0.05) is 42.5 Å². The van der Waals surface area contributed by atoms with Crippen molar-refractivity contribution in [1.29, 1.82) is 0 Å². The Morgan fingerprint density at radius 2 is 1.58 bits per heavy atom. The van der Waals surface area contributed by atoms with Gasteiger partial charge in [-0.05, 0) is 36.6 Å². The number of thiophene rings is 1. The van der Waals surface area contributed by atoms with Crippen molar-refractivity contribution in [1.82, 2.24) is 10.2 Å². The number of nitrogens with one attached hydrogen (secondary N) is 1. The van der Waals surface area contributed by atoms with Gasteiger partial charge in [0.05, 0.1) is 10.4 Å². The third-order valence-corrected chi connectivity index (χ3v) is 6.65. The fourth-order valence-electron chi connectivity index (χ4n) is 3.94. The molecule has 1 saturated heterocycles. The van der Waals surface area contributed by atoms with Crippen LogP contribution in [0.1, 0.15) is 32.5 Å². The molecule has 3 aromatic rings. The minimum atomic E-state index is -0.199. The van der Waals surface area contributed by atoms with E-state index < -0.39 is 0 Å². The molecule has 0 bridgehead atoms. The van der Waals surface area contributed by atoms with E-state index in [0.29, 0.717) is 22.5 Å². The first-order valence-electron chi connectivity index (χ1n) is 10.6. The first-order chi connectivity index (χ1) is 15.1. The van der Waals surface area contributed by atoms with Gasteiger partial charge >= 0.3 is 0 Å². The van der Waals surface area contributed by atoms with E-state index in [0.717, 1.165) is 26.2 Å². The van der Waals surface area contributed by atoms with E-state index in [4.69, 9.17) is 0 Å². The molecule has 0 spiro atoms. The first kappa shape index (κ1) is 21.3. The van der Waals surface area contributed by atoms with Crippen molar-refractivity contribution >= 4 is 28.7 Å². The molecule has 160 valence electrons. The second-order valence-electron chi connectivity index (χ2n) is 7.77. The van der Waals surface area contributed by atoms with Gasteiger partial charge in [-0.2, -0.15) is 0 Å². The summed E-state index contributed by atoms with van der Waals surface area (Å²) in [7, 11) is 0. The molecule has 1 atom stereocenters. The Bertz CT molecular complexity index is 1010.